The van der Waals surface area contributed by atoms with E-state index >= 15 is 0 Å². The van der Waals surface area contributed by atoms with Gasteiger partial charge in [0.15, 0.2) is 0 Å². The molecule has 0 aliphatic carbocycles. The van der Waals surface area contributed by atoms with Crippen molar-refractivity contribution in [3.8, 4) is 5.75 Å². The Hall–Kier alpha value is -2.12. The molecule has 1 aromatic carbocycles. The topological polar surface area (TPSA) is 71.1 Å². The average molecular weight is 375 g/mol. The molecule has 0 aromatic heterocycles. The second-order valence-corrected chi connectivity index (χ2v) is 7.54. The molecule has 1 aromatic rings. The molecular formula is C20H29N3O4. The largest absolute Gasteiger partial charge is 0.496 e. The number of benzene rings is 1. The number of morpholine rings is 1. The Morgan fingerprint density at radius 3 is 2.81 bits per heavy atom. The fourth-order valence-corrected chi connectivity index (χ4v) is 3.85. The Morgan fingerprint density at radius 2 is 2.07 bits per heavy atom. The zero-order valence-electron chi connectivity index (χ0n) is 16.3. The van der Waals surface area contributed by atoms with Crippen LogP contribution in [0, 0.1) is 0 Å². The third-order valence-electron chi connectivity index (χ3n) is 5.30. The first kappa shape index (κ1) is 19.6. The third kappa shape index (κ3) is 4.99. The molecule has 3 rings (SSSR count). The Kier molecular flexibility index (Phi) is 6.34. The fourth-order valence-electron chi connectivity index (χ4n) is 3.85. The number of hydrogen-bond donors (Lipinski definition) is 1. The van der Waals surface area contributed by atoms with Crippen LogP contribution in [0.25, 0.3) is 0 Å². The van der Waals surface area contributed by atoms with E-state index < -0.39 is 0 Å². The molecule has 0 radical (unpaired) electrons. The van der Waals surface area contributed by atoms with Gasteiger partial charge in [-0.15, -0.1) is 0 Å². The summed E-state index contributed by atoms with van der Waals surface area (Å²) < 4.78 is 11.2. The Morgan fingerprint density at radius 1 is 1.30 bits per heavy atom. The van der Waals surface area contributed by atoms with Gasteiger partial charge in [-0.3, -0.25) is 14.5 Å². The molecule has 2 amide bonds. The van der Waals surface area contributed by atoms with Crippen LogP contribution in [-0.2, 0) is 20.7 Å². The molecule has 0 bridgehead atoms. The van der Waals surface area contributed by atoms with Crippen molar-refractivity contribution in [1.29, 1.82) is 0 Å². The van der Waals surface area contributed by atoms with E-state index in [0.717, 1.165) is 30.8 Å². The lowest BCUT2D eigenvalue weighted by Gasteiger charge is -2.35. The van der Waals surface area contributed by atoms with Gasteiger partial charge < -0.3 is 19.7 Å². The summed E-state index contributed by atoms with van der Waals surface area (Å²) in [5.41, 5.74) is 0.888. The van der Waals surface area contributed by atoms with Crippen LogP contribution in [-0.4, -0.2) is 80.7 Å². The predicted molar refractivity (Wildman–Crippen MR) is 102 cm³/mol. The highest BCUT2D eigenvalue weighted by atomic mass is 16.5. The molecule has 2 fully saturated rings. The normalized spacial score (nSPS) is 24.9. The van der Waals surface area contributed by atoms with Crippen molar-refractivity contribution < 1.29 is 19.1 Å². The van der Waals surface area contributed by atoms with E-state index in [1.807, 2.05) is 24.3 Å². The number of carbonyl (C=O) groups is 2. The number of carbonyl (C=O) groups excluding carboxylic acids is 2. The SMILES string of the molecule is COc1ccccc1CC(=O)N[C@@H]1C[C@H]2CO[C@@H](CC(=O)N(C)C)CN2C1. The van der Waals surface area contributed by atoms with Crippen molar-refractivity contribution >= 4 is 11.8 Å². The maximum absolute atomic E-state index is 12.5. The van der Waals surface area contributed by atoms with Gasteiger partial charge in [0, 0.05) is 44.8 Å². The van der Waals surface area contributed by atoms with Crippen molar-refractivity contribution in [2.75, 3.05) is 40.9 Å². The lowest BCUT2D eigenvalue weighted by atomic mass is 10.1. The highest BCUT2D eigenvalue weighted by Gasteiger charge is 2.38. The molecule has 0 unspecified atom stereocenters. The molecule has 2 aliphatic rings. The minimum Gasteiger partial charge on any atom is -0.496 e. The molecular weight excluding hydrogens is 346 g/mol. The smallest absolute Gasteiger partial charge is 0.224 e. The van der Waals surface area contributed by atoms with Crippen LogP contribution in [0.15, 0.2) is 24.3 Å². The van der Waals surface area contributed by atoms with Crippen LogP contribution in [0.2, 0.25) is 0 Å². The molecule has 1 N–H and O–H groups in total. The van der Waals surface area contributed by atoms with Gasteiger partial charge in [-0.2, -0.15) is 0 Å². The average Bonchev–Trinajstić information content (AvgIpc) is 3.03. The van der Waals surface area contributed by atoms with Crippen LogP contribution in [0.4, 0.5) is 0 Å². The molecule has 0 saturated carbocycles. The van der Waals surface area contributed by atoms with E-state index in [-0.39, 0.29) is 24.0 Å². The number of hydrogen-bond acceptors (Lipinski definition) is 5. The van der Waals surface area contributed by atoms with Crippen LogP contribution >= 0.6 is 0 Å². The molecule has 7 heteroatoms. The molecule has 2 heterocycles. The van der Waals surface area contributed by atoms with Gasteiger partial charge in [-0.05, 0) is 12.5 Å². The van der Waals surface area contributed by atoms with E-state index in [9.17, 15) is 9.59 Å². The summed E-state index contributed by atoms with van der Waals surface area (Å²) in [5, 5.41) is 3.14. The molecule has 2 saturated heterocycles. The summed E-state index contributed by atoms with van der Waals surface area (Å²) in [6.45, 7) is 2.16. The molecule has 2 aliphatic heterocycles. The number of methoxy groups -OCH3 is 1. The number of para-hydroxylation sites is 1. The Balaban J connectivity index is 1.49. The first-order valence-corrected chi connectivity index (χ1v) is 9.43. The number of nitrogens with zero attached hydrogens (tertiary/aromatic N) is 2. The van der Waals surface area contributed by atoms with Crippen LogP contribution in [0.1, 0.15) is 18.4 Å². The zero-order valence-corrected chi connectivity index (χ0v) is 16.3. The van der Waals surface area contributed by atoms with Gasteiger partial charge >= 0.3 is 0 Å². The number of ether oxygens (including phenoxy) is 2. The highest BCUT2D eigenvalue weighted by molar-refractivity contribution is 5.79. The molecule has 27 heavy (non-hydrogen) atoms. The van der Waals surface area contributed by atoms with Crippen LogP contribution < -0.4 is 10.1 Å². The molecule has 7 nitrogen and oxygen atoms in total. The Labute approximate surface area is 160 Å². The van der Waals surface area contributed by atoms with E-state index in [0.29, 0.717) is 25.5 Å². The predicted octanol–water partition coefficient (Wildman–Crippen LogP) is 0.674. The number of nitrogens with one attached hydrogen (secondary N) is 1. The van der Waals surface area contributed by atoms with Gasteiger partial charge in [-0.25, -0.2) is 0 Å². The Bertz CT molecular complexity index is 679. The highest BCUT2D eigenvalue weighted by Crippen LogP contribution is 2.25. The number of rotatable bonds is 6. The minimum atomic E-state index is -0.0702. The second-order valence-electron chi connectivity index (χ2n) is 7.54. The fraction of sp³-hybridized carbons (Fsp3) is 0.600. The van der Waals surface area contributed by atoms with Gasteiger partial charge in [0.25, 0.3) is 0 Å². The summed E-state index contributed by atoms with van der Waals surface area (Å²) in [4.78, 5) is 28.3. The first-order chi connectivity index (χ1) is 13.0. The van der Waals surface area contributed by atoms with Crippen molar-refractivity contribution in [3.05, 3.63) is 29.8 Å². The third-order valence-corrected chi connectivity index (χ3v) is 5.30. The van der Waals surface area contributed by atoms with Crippen molar-refractivity contribution in [2.45, 2.75) is 37.5 Å². The minimum absolute atomic E-state index is 0.00426. The van der Waals surface area contributed by atoms with Gasteiger partial charge in [-0.1, -0.05) is 18.2 Å². The van der Waals surface area contributed by atoms with E-state index in [1.165, 1.54) is 0 Å². The molecule has 0 spiro atoms. The quantitative estimate of drug-likeness (QED) is 0.792. The summed E-state index contributed by atoms with van der Waals surface area (Å²) in [6.07, 6.45) is 1.52. The summed E-state index contributed by atoms with van der Waals surface area (Å²) >= 11 is 0. The van der Waals surface area contributed by atoms with Gasteiger partial charge in [0.2, 0.25) is 11.8 Å². The summed E-state index contributed by atoms with van der Waals surface area (Å²) in [6, 6.07) is 8.01. The summed E-state index contributed by atoms with van der Waals surface area (Å²) in [5.74, 6) is 0.821. The number of fused-ring (bicyclic) bond motifs is 1. The maximum Gasteiger partial charge on any atom is 0.224 e. The van der Waals surface area contributed by atoms with Gasteiger partial charge in [0.1, 0.15) is 5.75 Å². The van der Waals surface area contributed by atoms with Gasteiger partial charge in [0.05, 0.1) is 32.7 Å². The first-order valence-electron chi connectivity index (χ1n) is 9.43. The standard InChI is InChI=1S/C20H29N3O4/c1-22(2)20(25)10-17-12-23-11-15(9-16(23)13-27-17)21-19(24)8-14-6-4-5-7-18(14)26-3/h4-7,15-17H,8-13H2,1-3H3,(H,21,24)/t15-,16+,17+/m1/s1. The van der Waals surface area contributed by atoms with Crippen molar-refractivity contribution in [1.82, 2.24) is 15.1 Å². The van der Waals surface area contributed by atoms with Crippen molar-refractivity contribution in [3.63, 3.8) is 0 Å². The second kappa shape index (κ2) is 8.71. The van der Waals surface area contributed by atoms with E-state index in [4.69, 9.17) is 9.47 Å². The van der Waals surface area contributed by atoms with Crippen LogP contribution in [0.3, 0.4) is 0 Å². The monoisotopic (exact) mass is 375 g/mol. The lowest BCUT2D eigenvalue weighted by molar-refractivity contribution is -0.134. The summed E-state index contributed by atoms with van der Waals surface area (Å²) in [7, 11) is 5.14. The number of amides is 2. The zero-order chi connectivity index (χ0) is 19.4. The van der Waals surface area contributed by atoms with Crippen LogP contribution in [0.5, 0.6) is 5.75 Å². The maximum atomic E-state index is 12.5. The molecule has 3 atom stereocenters. The molecule has 148 valence electrons. The van der Waals surface area contributed by atoms with E-state index in [1.54, 1.807) is 26.1 Å². The van der Waals surface area contributed by atoms with Crippen molar-refractivity contribution in [2.24, 2.45) is 0 Å². The lowest BCUT2D eigenvalue weighted by Crippen LogP contribution is -2.47. The van der Waals surface area contributed by atoms with E-state index in [2.05, 4.69) is 10.2 Å².